The Balaban J connectivity index is 0.000000642. The van der Waals surface area contributed by atoms with Crippen LogP contribution in [0, 0.1) is 0 Å². The second-order valence-corrected chi connectivity index (χ2v) is 10.3. The zero-order valence-electron chi connectivity index (χ0n) is 24.8. The molecule has 0 atom stereocenters. The van der Waals surface area contributed by atoms with Crippen LogP contribution in [0.5, 0.6) is 0 Å². The summed E-state index contributed by atoms with van der Waals surface area (Å²) in [7, 11) is 0. The van der Waals surface area contributed by atoms with Gasteiger partial charge in [-0.3, -0.25) is 0 Å². The average molecular weight is 523 g/mol. The van der Waals surface area contributed by atoms with Gasteiger partial charge >= 0.3 is 0 Å². The maximum Gasteiger partial charge on any atom is 0 e. The molecule has 0 saturated carbocycles. The van der Waals surface area contributed by atoms with Crippen molar-refractivity contribution in [2.75, 3.05) is 0 Å². The molecule has 0 radical (unpaired) electrons. The van der Waals surface area contributed by atoms with Gasteiger partial charge in [-0.1, -0.05) is 132 Å². The van der Waals surface area contributed by atoms with E-state index in [0.717, 1.165) is 0 Å². The van der Waals surface area contributed by atoms with Gasteiger partial charge < -0.3 is 28.3 Å². The molecule has 0 aliphatic heterocycles. The maximum atomic E-state index is 2.52. The van der Waals surface area contributed by atoms with Crippen LogP contribution in [0.3, 0.4) is 0 Å². The Morgan fingerprint density at radius 1 is 0.543 bits per heavy atom. The third kappa shape index (κ3) is 10.6. The normalized spacial score (nSPS) is 10.7. The molecule has 35 heavy (non-hydrogen) atoms. The molecular formula is C34H58Fe-6. The molecule has 0 nitrogen and oxygen atoms in total. The Hall–Kier alpha value is -0.781. The first-order valence-electron chi connectivity index (χ1n) is 15.1. The van der Waals surface area contributed by atoms with Gasteiger partial charge in [0.25, 0.3) is 0 Å². The summed E-state index contributed by atoms with van der Waals surface area (Å²) in [5.74, 6) is 0. The second-order valence-electron chi connectivity index (χ2n) is 10.3. The summed E-state index contributed by atoms with van der Waals surface area (Å²) in [5.41, 5.74) is 13.4. The molecule has 2 aromatic carbocycles. The molecule has 0 spiro atoms. The van der Waals surface area contributed by atoms with E-state index in [9.17, 15) is 0 Å². The van der Waals surface area contributed by atoms with Gasteiger partial charge in [0.05, 0.1) is 0 Å². The minimum absolute atomic E-state index is 0. The van der Waals surface area contributed by atoms with Crippen molar-refractivity contribution in [3.8, 4) is 0 Å². The molecule has 208 valence electrons. The molecule has 0 unspecified atom stereocenters. The van der Waals surface area contributed by atoms with Crippen LogP contribution in [0.25, 0.3) is 0 Å². The zero-order chi connectivity index (χ0) is 25.3. The molecule has 0 aromatic heterocycles. The van der Waals surface area contributed by atoms with Crippen molar-refractivity contribution >= 4 is 0 Å². The smallest absolute Gasteiger partial charge is 0 e. The summed E-state index contributed by atoms with van der Waals surface area (Å²) in [6.07, 6.45) is 20.5. The van der Waals surface area contributed by atoms with Crippen LogP contribution in [0.1, 0.15) is 151 Å². The van der Waals surface area contributed by atoms with Crippen molar-refractivity contribution in [3.63, 3.8) is 0 Å². The quantitative estimate of drug-likeness (QED) is 0.152. The molecule has 1 heteroatoms. The molecule has 0 saturated heterocycles. The van der Waals surface area contributed by atoms with Gasteiger partial charge in [-0.05, 0) is 0 Å². The minimum atomic E-state index is 0. The SMILES string of the molecule is CCC[c-]1[cH-][c-](CCC)[c-](CCC)[c-]1CCC.CCCc1c[c-](CCC)c(CCC)c1CCC.[Fe]. The molecule has 0 N–H and O–H groups in total. The van der Waals surface area contributed by atoms with E-state index in [4.69, 9.17) is 0 Å². The second kappa shape index (κ2) is 20.3. The van der Waals surface area contributed by atoms with Crippen LogP contribution in [-0.2, 0) is 68.4 Å². The molecule has 2 aromatic rings. The Kier molecular flexibility index (Phi) is 19.8. The first kappa shape index (κ1) is 34.2. The molecular weight excluding hydrogens is 464 g/mol. The summed E-state index contributed by atoms with van der Waals surface area (Å²) in [4.78, 5) is 0. The van der Waals surface area contributed by atoms with Gasteiger partial charge in [0, 0.05) is 17.1 Å². The monoisotopic (exact) mass is 522 g/mol. The molecule has 0 aliphatic rings. The van der Waals surface area contributed by atoms with Gasteiger partial charge in [-0.2, -0.15) is 28.3 Å². The minimum Gasteiger partial charge on any atom is -0.742 e. The number of hydrogen-bond acceptors (Lipinski definition) is 0. The van der Waals surface area contributed by atoms with Gasteiger partial charge in [-0.15, -0.1) is 0 Å². The zero-order valence-corrected chi connectivity index (χ0v) is 25.9. The molecule has 0 heterocycles. The van der Waals surface area contributed by atoms with Crippen LogP contribution in [0.2, 0.25) is 0 Å². The Morgan fingerprint density at radius 2 is 1.00 bits per heavy atom. The molecule has 0 bridgehead atoms. The third-order valence-corrected chi connectivity index (χ3v) is 7.05. The predicted octanol–water partition coefficient (Wildman–Crippen LogP) is 10.4. The summed E-state index contributed by atoms with van der Waals surface area (Å²) in [6, 6.07) is 5.03. The van der Waals surface area contributed by atoms with Crippen LogP contribution in [0.15, 0.2) is 12.1 Å². The van der Waals surface area contributed by atoms with Crippen LogP contribution < -0.4 is 0 Å². The van der Waals surface area contributed by atoms with E-state index in [0.29, 0.717) is 0 Å². The Morgan fingerprint density at radius 3 is 1.40 bits per heavy atom. The van der Waals surface area contributed by atoms with E-state index in [1.54, 1.807) is 44.5 Å². The molecule has 0 amide bonds. The van der Waals surface area contributed by atoms with Gasteiger partial charge in [-0.25, -0.2) is 25.7 Å². The van der Waals surface area contributed by atoms with E-state index in [-0.39, 0.29) is 17.1 Å². The number of hydrogen-bond donors (Lipinski definition) is 0. The fourth-order valence-corrected chi connectivity index (χ4v) is 5.76. The van der Waals surface area contributed by atoms with Crippen molar-refractivity contribution in [1.82, 2.24) is 0 Å². The molecule has 0 aliphatic carbocycles. The Labute approximate surface area is 231 Å². The first-order chi connectivity index (χ1) is 16.6. The summed E-state index contributed by atoms with van der Waals surface area (Å²) in [6.45, 7) is 18.4. The van der Waals surface area contributed by atoms with Crippen molar-refractivity contribution < 1.29 is 17.1 Å². The summed E-state index contributed by atoms with van der Waals surface area (Å²) < 4.78 is 0. The van der Waals surface area contributed by atoms with Crippen LogP contribution >= 0.6 is 0 Å². The van der Waals surface area contributed by atoms with Crippen molar-refractivity contribution in [1.29, 1.82) is 0 Å². The van der Waals surface area contributed by atoms with Gasteiger partial charge in [0.15, 0.2) is 0 Å². The maximum absolute atomic E-state index is 2.52. The van der Waals surface area contributed by atoms with E-state index in [1.165, 1.54) is 103 Å². The number of aryl methyl sites for hydroxylation is 4. The fourth-order valence-electron chi connectivity index (χ4n) is 5.76. The first-order valence-corrected chi connectivity index (χ1v) is 15.1. The van der Waals surface area contributed by atoms with E-state index >= 15 is 0 Å². The largest absolute Gasteiger partial charge is 0.742 e. The van der Waals surface area contributed by atoms with Crippen LogP contribution in [0.4, 0.5) is 0 Å². The van der Waals surface area contributed by atoms with Crippen molar-refractivity contribution in [2.24, 2.45) is 0 Å². The van der Waals surface area contributed by atoms with E-state index in [1.807, 2.05) is 0 Å². The molecule has 2 rings (SSSR count). The fraction of sp³-hybridized carbons (Fsp3) is 0.706. The summed E-state index contributed by atoms with van der Waals surface area (Å²) in [5, 5.41) is 0. The topological polar surface area (TPSA) is 0 Å². The predicted molar refractivity (Wildman–Crippen MR) is 156 cm³/mol. The van der Waals surface area contributed by atoms with E-state index < -0.39 is 0 Å². The molecule has 0 fully saturated rings. The van der Waals surface area contributed by atoms with Gasteiger partial charge in [0.1, 0.15) is 0 Å². The van der Waals surface area contributed by atoms with Gasteiger partial charge in [0.2, 0.25) is 0 Å². The summed E-state index contributed by atoms with van der Waals surface area (Å²) >= 11 is 0. The van der Waals surface area contributed by atoms with E-state index in [2.05, 4.69) is 67.5 Å². The van der Waals surface area contributed by atoms with Crippen molar-refractivity contribution in [2.45, 2.75) is 158 Å². The standard InChI is InChI=1S/2C17H29.Fe/c2*1-5-9-14-13-15(10-6-2)17(12-8-4)16(14)11-7-3;/h2*13H,5-12H2,1-4H3;/q-5;-1;. The Bertz CT molecular complexity index is 646. The number of rotatable bonds is 16. The average Bonchev–Trinajstić information content (AvgIpc) is 3.29. The third-order valence-electron chi connectivity index (χ3n) is 7.05. The van der Waals surface area contributed by atoms with Crippen molar-refractivity contribution in [3.05, 3.63) is 56.6 Å². The van der Waals surface area contributed by atoms with Crippen LogP contribution in [-0.4, -0.2) is 0 Å².